The fraction of sp³-hybridized carbons (Fsp3) is 0.917. The summed E-state index contributed by atoms with van der Waals surface area (Å²) in [7, 11) is 1.68. The quantitative estimate of drug-likeness (QED) is 0.614. The highest BCUT2D eigenvalue weighted by atomic mass is 16.5. The fourth-order valence-corrected chi connectivity index (χ4v) is 2.21. The Kier molecular flexibility index (Phi) is 7.16. The van der Waals surface area contributed by atoms with Crippen LogP contribution in [-0.4, -0.2) is 62.0 Å². The van der Waals surface area contributed by atoms with Crippen LogP contribution in [-0.2, 0) is 14.3 Å². The molecule has 100 valence electrons. The van der Waals surface area contributed by atoms with Crippen molar-refractivity contribution in [2.75, 3.05) is 40.0 Å². The van der Waals surface area contributed by atoms with Crippen LogP contribution in [0.4, 0.5) is 0 Å². The van der Waals surface area contributed by atoms with Crippen molar-refractivity contribution >= 4 is 5.97 Å². The number of likely N-dealkylation sites (tertiary alicyclic amines) is 1. The van der Waals surface area contributed by atoms with Crippen LogP contribution in [0, 0.1) is 0 Å². The first-order chi connectivity index (χ1) is 8.24. The van der Waals surface area contributed by atoms with Crippen molar-refractivity contribution in [3.05, 3.63) is 0 Å². The minimum Gasteiger partial charge on any atom is -0.481 e. The molecule has 17 heavy (non-hydrogen) atoms. The van der Waals surface area contributed by atoms with Gasteiger partial charge in [-0.3, -0.25) is 9.69 Å². The normalized spacial score (nSPS) is 20.9. The highest BCUT2D eigenvalue weighted by molar-refractivity contribution is 5.67. The largest absolute Gasteiger partial charge is 0.481 e. The zero-order valence-corrected chi connectivity index (χ0v) is 10.6. The van der Waals surface area contributed by atoms with Crippen molar-refractivity contribution in [2.24, 2.45) is 0 Å². The van der Waals surface area contributed by atoms with Gasteiger partial charge in [-0.1, -0.05) is 0 Å². The van der Waals surface area contributed by atoms with Crippen LogP contribution >= 0.6 is 0 Å². The minimum atomic E-state index is -0.706. The molecule has 1 saturated heterocycles. The molecule has 1 N–H and O–H groups in total. The lowest BCUT2D eigenvalue weighted by molar-refractivity contribution is -0.138. The molecule has 0 radical (unpaired) electrons. The van der Waals surface area contributed by atoms with Crippen LogP contribution in [0.3, 0.4) is 0 Å². The molecule has 1 unspecified atom stereocenters. The lowest BCUT2D eigenvalue weighted by Gasteiger charge is -2.22. The van der Waals surface area contributed by atoms with E-state index >= 15 is 0 Å². The van der Waals surface area contributed by atoms with E-state index in [0.717, 1.165) is 39.0 Å². The van der Waals surface area contributed by atoms with Gasteiger partial charge in [0.05, 0.1) is 13.0 Å². The number of aliphatic carboxylic acids is 1. The first-order valence-corrected chi connectivity index (χ1v) is 6.26. The van der Waals surface area contributed by atoms with E-state index in [2.05, 4.69) is 4.90 Å². The first kappa shape index (κ1) is 14.4. The number of methoxy groups -OCH3 is 1. The summed E-state index contributed by atoms with van der Waals surface area (Å²) in [6.45, 7) is 3.96. The Balaban J connectivity index is 2.07. The van der Waals surface area contributed by atoms with E-state index < -0.39 is 5.97 Å². The van der Waals surface area contributed by atoms with Crippen LogP contribution < -0.4 is 0 Å². The summed E-state index contributed by atoms with van der Waals surface area (Å²) in [5, 5.41) is 8.79. The number of hydrogen-bond acceptors (Lipinski definition) is 4. The molecule has 0 spiro atoms. The Labute approximate surface area is 103 Å². The van der Waals surface area contributed by atoms with E-state index in [1.54, 1.807) is 7.11 Å². The molecule has 0 bridgehead atoms. The van der Waals surface area contributed by atoms with E-state index in [0.29, 0.717) is 13.2 Å². The second kappa shape index (κ2) is 8.44. The second-order valence-electron chi connectivity index (χ2n) is 4.39. The van der Waals surface area contributed by atoms with Crippen molar-refractivity contribution in [1.29, 1.82) is 0 Å². The fourth-order valence-electron chi connectivity index (χ4n) is 2.21. The highest BCUT2D eigenvalue weighted by Gasteiger charge is 2.25. The van der Waals surface area contributed by atoms with E-state index in [9.17, 15) is 4.79 Å². The molecule has 1 atom stereocenters. The van der Waals surface area contributed by atoms with Crippen molar-refractivity contribution in [2.45, 2.75) is 31.7 Å². The molecule has 5 heteroatoms. The average Bonchev–Trinajstić information content (AvgIpc) is 2.70. The van der Waals surface area contributed by atoms with E-state index in [4.69, 9.17) is 14.6 Å². The molecular formula is C12H23NO4. The average molecular weight is 245 g/mol. The molecule has 0 aromatic heterocycles. The summed E-state index contributed by atoms with van der Waals surface area (Å²) in [5.74, 6) is -0.706. The zero-order chi connectivity index (χ0) is 12.5. The lowest BCUT2D eigenvalue weighted by atomic mass is 10.1. The maximum atomic E-state index is 10.7. The third-order valence-electron chi connectivity index (χ3n) is 3.07. The Morgan fingerprint density at radius 2 is 2.24 bits per heavy atom. The SMILES string of the molecule is COCCCOCCN1CCCC1CC(=O)O. The summed E-state index contributed by atoms with van der Waals surface area (Å²) in [6, 6.07) is 0.204. The van der Waals surface area contributed by atoms with Gasteiger partial charge in [-0.2, -0.15) is 0 Å². The van der Waals surface area contributed by atoms with Gasteiger partial charge in [0.15, 0.2) is 0 Å². The van der Waals surface area contributed by atoms with Gasteiger partial charge in [-0.15, -0.1) is 0 Å². The Morgan fingerprint density at radius 3 is 2.94 bits per heavy atom. The van der Waals surface area contributed by atoms with Gasteiger partial charge >= 0.3 is 5.97 Å². The van der Waals surface area contributed by atoms with Crippen molar-refractivity contribution in [1.82, 2.24) is 4.90 Å². The molecule has 0 aromatic rings. The Bertz CT molecular complexity index is 223. The highest BCUT2D eigenvalue weighted by Crippen LogP contribution is 2.19. The van der Waals surface area contributed by atoms with Gasteiger partial charge in [-0.25, -0.2) is 0 Å². The predicted molar refractivity (Wildman–Crippen MR) is 64.2 cm³/mol. The number of carbonyl (C=O) groups is 1. The third kappa shape index (κ3) is 6.00. The first-order valence-electron chi connectivity index (χ1n) is 6.26. The summed E-state index contributed by atoms with van der Waals surface area (Å²) < 4.78 is 10.4. The molecule has 0 amide bonds. The number of carboxylic acid groups (broad SMARTS) is 1. The molecule has 0 saturated carbocycles. The number of hydrogen-bond donors (Lipinski definition) is 1. The number of rotatable bonds is 9. The zero-order valence-electron chi connectivity index (χ0n) is 10.6. The minimum absolute atomic E-state index is 0.204. The number of nitrogens with zero attached hydrogens (tertiary/aromatic N) is 1. The number of carboxylic acids is 1. The van der Waals surface area contributed by atoms with Crippen molar-refractivity contribution < 1.29 is 19.4 Å². The molecule has 1 aliphatic heterocycles. The molecule has 1 aliphatic rings. The molecule has 1 fully saturated rings. The van der Waals surface area contributed by atoms with Gasteiger partial charge in [-0.05, 0) is 25.8 Å². The maximum Gasteiger partial charge on any atom is 0.304 e. The van der Waals surface area contributed by atoms with Crippen LogP contribution in [0.2, 0.25) is 0 Å². The standard InChI is InChI=1S/C12H23NO4/c1-16-7-3-8-17-9-6-13-5-2-4-11(13)10-12(14)15/h11H,2-10H2,1H3,(H,14,15). The van der Waals surface area contributed by atoms with Gasteiger partial charge in [0.25, 0.3) is 0 Å². The number of ether oxygens (including phenoxy) is 2. The maximum absolute atomic E-state index is 10.7. The smallest absolute Gasteiger partial charge is 0.304 e. The van der Waals surface area contributed by atoms with Gasteiger partial charge < -0.3 is 14.6 Å². The molecular weight excluding hydrogens is 222 g/mol. The van der Waals surface area contributed by atoms with Crippen molar-refractivity contribution in [3.63, 3.8) is 0 Å². The summed E-state index contributed by atoms with van der Waals surface area (Å²) in [6.07, 6.45) is 3.26. The lowest BCUT2D eigenvalue weighted by Crippen LogP contribution is -2.34. The van der Waals surface area contributed by atoms with Crippen LogP contribution in [0.5, 0.6) is 0 Å². The Morgan fingerprint density at radius 1 is 1.41 bits per heavy atom. The molecule has 5 nitrogen and oxygen atoms in total. The van der Waals surface area contributed by atoms with Gasteiger partial charge in [0.2, 0.25) is 0 Å². The van der Waals surface area contributed by atoms with E-state index in [-0.39, 0.29) is 12.5 Å². The predicted octanol–water partition coefficient (Wildman–Crippen LogP) is 0.979. The monoisotopic (exact) mass is 245 g/mol. The van der Waals surface area contributed by atoms with Crippen LogP contribution in [0.1, 0.15) is 25.7 Å². The summed E-state index contributed by atoms with van der Waals surface area (Å²) in [5.41, 5.74) is 0. The van der Waals surface area contributed by atoms with Gasteiger partial charge in [0, 0.05) is 32.9 Å². The molecule has 1 heterocycles. The topological polar surface area (TPSA) is 59.0 Å². The Hall–Kier alpha value is -0.650. The molecule has 0 aromatic carbocycles. The van der Waals surface area contributed by atoms with Crippen LogP contribution in [0.15, 0.2) is 0 Å². The van der Waals surface area contributed by atoms with E-state index in [1.165, 1.54) is 0 Å². The third-order valence-corrected chi connectivity index (χ3v) is 3.07. The summed E-state index contributed by atoms with van der Waals surface area (Å²) >= 11 is 0. The van der Waals surface area contributed by atoms with Crippen molar-refractivity contribution in [3.8, 4) is 0 Å². The van der Waals surface area contributed by atoms with Gasteiger partial charge in [0.1, 0.15) is 0 Å². The summed E-state index contributed by atoms with van der Waals surface area (Å²) in [4.78, 5) is 12.9. The molecule has 1 rings (SSSR count). The van der Waals surface area contributed by atoms with Crippen LogP contribution in [0.25, 0.3) is 0 Å². The second-order valence-corrected chi connectivity index (χ2v) is 4.39. The van der Waals surface area contributed by atoms with E-state index in [1.807, 2.05) is 0 Å². The molecule has 0 aliphatic carbocycles.